The second kappa shape index (κ2) is 4.06. The van der Waals surface area contributed by atoms with Crippen molar-refractivity contribution in [3.05, 3.63) is 41.9 Å². The van der Waals surface area contributed by atoms with Gasteiger partial charge in [0, 0.05) is 11.8 Å². The van der Waals surface area contributed by atoms with Crippen LogP contribution in [0.15, 0.2) is 30.6 Å². The van der Waals surface area contributed by atoms with Crippen molar-refractivity contribution < 1.29 is 4.79 Å². The third kappa shape index (κ3) is 1.88. The second-order valence-corrected chi connectivity index (χ2v) is 3.36. The summed E-state index contributed by atoms with van der Waals surface area (Å²) in [6.07, 6.45) is 3.24. The maximum Gasteiger partial charge on any atom is 0.269 e. The zero-order valence-electron chi connectivity index (χ0n) is 8.71. The number of hydrogen-bond donors (Lipinski definition) is 1. The number of pyridine rings is 1. The van der Waals surface area contributed by atoms with E-state index in [2.05, 4.69) is 15.2 Å². The molecule has 5 heteroatoms. The van der Waals surface area contributed by atoms with E-state index in [1.807, 2.05) is 19.1 Å². The molecule has 80 valence electrons. The fraction of sp³-hybridized carbons (Fsp3) is 0.0909. The summed E-state index contributed by atoms with van der Waals surface area (Å²) in [5.41, 5.74) is 7.80. The zero-order chi connectivity index (χ0) is 11.5. The van der Waals surface area contributed by atoms with Crippen molar-refractivity contribution in [2.24, 2.45) is 5.73 Å². The van der Waals surface area contributed by atoms with Gasteiger partial charge >= 0.3 is 0 Å². The fourth-order valence-corrected chi connectivity index (χ4v) is 1.40. The molecule has 2 heterocycles. The molecule has 0 spiro atoms. The van der Waals surface area contributed by atoms with Crippen molar-refractivity contribution >= 4 is 5.91 Å². The molecule has 16 heavy (non-hydrogen) atoms. The van der Waals surface area contributed by atoms with Gasteiger partial charge in [0.25, 0.3) is 5.91 Å². The van der Waals surface area contributed by atoms with Crippen molar-refractivity contribution in [3.63, 3.8) is 0 Å². The highest BCUT2D eigenvalue weighted by Gasteiger charge is 2.08. The van der Waals surface area contributed by atoms with E-state index in [0.717, 1.165) is 16.8 Å². The van der Waals surface area contributed by atoms with E-state index in [9.17, 15) is 4.79 Å². The average molecular weight is 214 g/mol. The van der Waals surface area contributed by atoms with Crippen molar-refractivity contribution in [3.8, 4) is 11.3 Å². The van der Waals surface area contributed by atoms with Gasteiger partial charge in [0.15, 0.2) is 5.69 Å². The third-order valence-electron chi connectivity index (χ3n) is 2.19. The topological polar surface area (TPSA) is 81.8 Å². The van der Waals surface area contributed by atoms with Crippen LogP contribution in [0.2, 0.25) is 0 Å². The summed E-state index contributed by atoms with van der Waals surface area (Å²) in [5.74, 6) is -0.595. The first kappa shape index (κ1) is 10.2. The number of hydrogen-bond acceptors (Lipinski definition) is 4. The molecule has 0 fully saturated rings. The predicted octanol–water partition coefficient (Wildman–Crippen LogP) is 0.946. The number of aromatic nitrogens is 3. The first-order valence-corrected chi connectivity index (χ1v) is 4.73. The first-order valence-electron chi connectivity index (χ1n) is 4.73. The Morgan fingerprint density at radius 2 is 2.25 bits per heavy atom. The monoisotopic (exact) mass is 214 g/mol. The van der Waals surface area contributed by atoms with E-state index in [4.69, 9.17) is 5.73 Å². The molecule has 0 radical (unpaired) electrons. The van der Waals surface area contributed by atoms with E-state index in [0.29, 0.717) is 0 Å². The van der Waals surface area contributed by atoms with Crippen molar-refractivity contribution in [1.29, 1.82) is 0 Å². The van der Waals surface area contributed by atoms with Crippen LogP contribution in [0.3, 0.4) is 0 Å². The summed E-state index contributed by atoms with van der Waals surface area (Å²) in [7, 11) is 0. The SMILES string of the molecule is Cc1cccnc1-c1cnnc(C(N)=O)c1. The molecule has 2 aromatic heterocycles. The number of nitrogens with zero attached hydrogens (tertiary/aromatic N) is 3. The molecule has 0 unspecified atom stereocenters. The van der Waals surface area contributed by atoms with E-state index in [1.165, 1.54) is 0 Å². The van der Waals surface area contributed by atoms with Crippen molar-refractivity contribution in [1.82, 2.24) is 15.2 Å². The number of aryl methyl sites for hydroxylation is 1. The molecule has 1 amide bonds. The quantitative estimate of drug-likeness (QED) is 0.806. The highest BCUT2D eigenvalue weighted by molar-refractivity contribution is 5.91. The number of carbonyl (C=O) groups is 1. The molecule has 0 saturated heterocycles. The number of amides is 1. The Morgan fingerprint density at radius 3 is 2.94 bits per heavy atom. The van der Waals surface area contributed by atoms with Crippen LogP contribution in [-0.2, 0) is 0 Å². The molecule has 0 atom stereocenters. The van der Waals surface area contributed by atoms with Gasteiger partial charge in [0.1, 0.15) is 0 Å². The fourth-order valence-electron chi connectivity index (χ4n) is 1.40. The van der Waals surface area contributed by atoms with Crippen LogP contribution in [0.5, 0.6) is 0 Å². The molecule has 0 aliphatic carbocycles. The highest BCUT2D eigenvalue weighted by Crippen LogP contribution is 2.19. The number of nitrogens with two attached hydrogens (primary N) is 1. The summed E-state index contributed by atoms with van der Waals surface area (Å²) in [5, 5.41) is 7.37. The number of carbonyl (C=O) groups excluding carboxylic acids is 1. The van der Waals surface area contributed by atoms with Crippen LogP contribution in [-0.4, -0.2) is 21.1 Å². The summed E-state index contributed by atoms with van der Waals surface area (Å²) >= 11 is 0. The van der Waals surface area contributed by atoms with Gasteiger partial charge < -0.3 is 5.73 Å². The van der Waals surface area contributed by atoms with E-state index < -0.39 is 5.91 Å². The molecule has 0 bridgehead atoms. The lowest BCUT2D eigenvalue weighted by Crippen LogP contribution is -2.13. The molecular formula is C11H10N4O. The number of primary amides is 1. The minimum absolute atomic E-state index is 0.141. The van der Waals surface area contributed by atoms with Gasteiger partial charge in [-0.25, -0.2) is 0 Å². The van der Waals surface area contributed by atoms with Crippen LogP contribution >= 0.6 is 0 Å². The van der Waals surface area contributed by atoms with Gasteiger partial charge in [0.2, 0.25) is 0 Å². The Hall–Kier alpha value is -2.30. The molecule has 0 aromatic carbocycles. The third-order valence-corrected chi connectivity index (χ3v) is 2.19. The Labute approximate surface area is 92.3 Å². The smallest absolute Gasteiger partial charge is 0.269 e. The minimum atomic E-state index is -0.595. The lowest BCUT2D eigenvalue weighted by atomic mass is 10.1. The largest absolute Gasteiger partial charge is 0.364 e. The van der Waals surface area contributed by atoms with Crippen LogP contribution in [0.4, 0.5) is 0 Å². The molecule has 2 rings (SSSR count). The lowest BCUT2D eigenvalue weighted by Gasteiger charge is -2.03. The predicted molar refractivity (Wildman–Crippen MR) is 58.5 cm³/mol. The molecular weight excluding hydrogens is 204 g/mol. The summed E-state index contributed by atoms with van der Waals surface area (Å²) in [4.78, 5) is 15.2. The van der Waals surface area contributed by atoms with Gasteiger partial charge in [-0.05, 0) is 24.6 Å². The second-order valence-electron chi connectivity index (χ2n) is 3.36. The summed E-state index contributed by atoms with van der Waals surface area (Å²) in [6, 6.07) is 5.37. The van der Waals surface area contributed by atoms with Crippen molar-refractivity contribution in [2.75, 3.05) is 0 Å². The Kier molecular flexibility index (Phi) is 2.59. The highest BCUT2D eigenvalue weighted by atomic mass is 16.1. The molecule has 2 aromatic rings. The van der Waals surface area contributed by atoms with Gasteiger partial charge in [-0.1, -0.05) is 6.07 Å². The maximum atomic E-state index is 11.0. The molecule has 0 aliphatic heterocycles. The van der Waals surface area contributed by atoms with Crippen molar-refractivity contribution in [2.45, 2.75) is 6.92 Å². The Balaban J connectivity index is 2.53. The van der Waals surface area contributed by atoms with Gasteiger partial charge in [-0.15, -0.1) is 5.10 Å². The van der Waals surface area contributed by atoms with Crippen LogP contribution in [0, 0.1) is 6.92 Å². The Morgan fingerprint density at radius 1 is 1.44 bits per heavy atom. The number of rotatable bonds is 2. The van der Waals surface area contributed by atoms with Gasteiger partial charge in [0.05, 0.1) is 11.9 Å². The molecule has 2 N–H and O–H groups in total. The zero-order valence-corrected chi connectivity index (χ0v) is 8.71. The normalized spacial score (nSPS) is 10.1. The average Bonchev–Trinajstić information content (AvgIpc) is 2.30. The van der Waals surface area contributed by atoms with Gasteiger partial charge in [-0.3, -0.25) is 9.78 Å². The minimum Gasteiger partial charge on any atom is -0.364 e. The van der Waals surface area contributed by atoms with Crippen LogP contribution in [0.25, 0.3) is 11.3 Å². The van der Waals surface area contributed by atoms with Crippen LogP contribution in [0.1, 0.15) is 16.1 Å². The molecule has 0 saturated carbocycles. The Bertz CT molecular complexity index is 539. The summed E-state index contributed by atoms with van der Waals surface area (Å²) in [6.45, 7) is 1.94. The van der Waals surface area contributed by atoms with Gasteiger partial charge in [-0.2, -0.15) is 5.10 Å². The first-order chi connectivity index (χ1) is 7.68. The molecule has 0 aliphatic rings. The van der Waals surface area contributed by atoms with E-state index in [1.54, 1.807) is 18.5 Å². The van der Waals surface area contributed by atoms with Crippen LogP contribution < -0.4 is 5.73 Å². The summed E-state index contributed by atoms with van der Waals surface area (Å²) < 4.78 is 0. The lowest BCUT2D eigenvalue weighted by molar-refractivity contribution is 0.0994. The standard InChI is InChI=1S/C11H10N4O/c1-7-3-2-4-13-10(7)8-5-9(11(12)16)15-14-6-8/h2-6H,1H3,(H2,12,16). The maximum absolute atomic E-state index is 11.0. The van der Waals surface area contributed by atoms with E-state index >= 15 is 0 Å². The van der Waals surface area contributed by atoms with E-state index in [-0.39, 0.29) is 5.69 Å². The molecule has 5 nitrogen and oxygen atoms in total.